The zero-order valence-corrected chi connectivity index (χ0v) is 23.6. The van der Waals surface area contributed by atoms with Gasteiger partial charge < -0.3 is 15.0 Å². The molecule has 2 aliphatic rings. The quantitative estimate of drug-likeness (QED) is 0.425. The number of rotatable bonds is 8. The van der Waals surface area contributed by atoms with Crippen LogP contribution in [0.1, 0.15) is 43.9 Å². The molecule has 0 spiro atoms. The molecule has 4 heterocycles. The first kappa shape index (κ1) is 28.5. The van der Waals surface area contributed by atoms with Crippen molar-refractivity contribution < 1.29 is 22.7 Å². The summed E-state index contributed by atoms with van der Waals surface area (Å²) in [5.41, 5.74) is 2.29. The minimum Gasteiger partial charge on any atom is -0.481 e. The highest BCUT2D eigenvalue weighted by Crippen LogP contribution is 2.34. The number of fused-ring (bicyclic) bond motifs is 1. The fourth-order valence-electron chi connectivity index (χ4n) is 5.44. The molecule has 214 valence electrons. The number of carbonyl (C=O) groups is 1. The van der Waals surface area contributed by atoms with Gasteiger partial charge in [-0.3, -0.25) is 14.6 Å². The number of amides is 1. The molecule has 1 atom stereocenters. The van der Waals surface area contributed by atoms with Gasteiger partial charge in [0.25, 0.3) is 5.91 Å². The summed E-state index contributed by atoms with van der Waals surface area (Å²) >= 11 is 1.49. The average molecular weight is 575 g/mol. The van der Waals surface area contributed by atoms with Crippen molar-refractivity contribution >= 4 is 22.9 Å². The normalized spacial score (nSPS) is 18.2. The maximum Gasteiger partial charge on any atom is 0.416 e. The van der Waals surface area contributed by atoms with E-state index in [1.165, 1.54) is 23.7 Å². The monoisotopic (exact) mass is 574 g/mol. The van der Waals surface area contributed by atoms with Crippen LogP contribution < -0.4 is 10.1 Å². The fourth-order valence-corrected chi connectivity index (χ4v) is 6.56. The predicted octanol–water partition coefficient (Wildman–Crippen LogP) is 4.51. The smallest absolute Gasteiger partial charge is 0.416 e. The van der Waals surface area contributed by atoms with E-state index in [1.54, 1.807) is 24.8 Å². The van der Waals surface area contributed by atoms with Crippen molar-refractivity contribution in [3.05, 3.63) is 68.8 Å². The molecule has 1 aromatic carbocycles. The van der Waals surface area contributed by atoms with Gasteiger partial charge in [-0.1, -0.05) is 0 Å². The van der Waals surface area contributed by atoms with Crippen LogP contribution in [0.3, 0.4) is 0 Å². The van der Waals surface area contributed by atoms with Crippen molar-refractivity contribution in [3.63, 3.8) is 0 Å². The Balaban J connectivity index is 1.29. The molecule has 2 aliphatic heterocycles. The molecule has 1 N–H and O–H groups in total. The molecule has 2 aromatic heterocycles. The maximum atomic E-state index is 13.8. The van der Waals surface area contributed by atoms with Crippen LogP contribution in [0, 0.1) is 0 Å². The summed E-state index contributed by atoms with van der Waals surface area (Å²) in [7, 11) is 5.61. The van der Waals surface area contributed by atoms with E-state index < -0.39 is 11.7 Å². The second-order valence-corrected chi connectivity index (χ2v) is 11.5. The van der Waals surface area contributed by atoms with Gasteiger partial charge >= 0.3 is 6.18 Å². The van der Waals surface area contributed by atoms with E-state index in [4.69, 9.17) is 4.74 Å². The van der Waals surface area contributed by atoms with E-state index >= 15 is 0 Å². The number of aromatic nitrogens is 2. The van der Waals surface area contributed by atoms with Crippen LogP contribution in [-0.2, 0) is 32.2 Å². The highest BCUT2D eigenvalue weighted by molar-refractivity contribution is 7.10. The number of carbonyl (C=O) groups excluding carboxylic acids is 1. The lowest BCUT2D eigenvalue weighted by Gasteiger charge is -2.27. The zero-order valence-electron chi connectivity index (χ0n) is 22.8. The molecule has 0 bridgehead atoms. The molecule has 8 nitrogen and oxygen atoms in total. The first-order valence-electron chi connectivity index (χ1n) is 13.2. The standard InChI is InChI=1S/C28H33F3N6O2S/c1-35(2)22-4-6-36(14-22)12-18-8-20(28(29,30)31)10-21(9-18)34-26(38)24-16-40-25-15-37(7-5-23(24)25)13-19-11-32-17-33-27(19)39-3/h8-11,16-17,22H,4-7,12-15H2,1-3H3,(H,34,38)/t22-/m1/s1. The molecule has 1 amide bonds. The molecule has 40 heavy (non-hydrogen) atoms. The highest BCUT2D eigenvalue weighted by Gasteiger charge is 2.32. The minimum atomic E-state index is -4.51. The SMILES string of the molecule is COc1ncncc1CN1CCc2c(C(=O)Nc3cc(CN4CC[C@@H](N(C)C)C4)cc(C(F)(F)F)c3)csc2C1. The Hall–Kier alpha value is -3.06. The summed E-state index contributed by atoms with van der Waals surface area (Å²) in [4.78, 5) is 29.1. The van der Waals surface area contributed by atoms with Gasteiger partial charge in [-0.25, -0.2) is 9.97 Å². The largest absolute Gasteiger partial charge is 0.481 e. The van der Waals surface area contributed by atoms with Gasteiger partial charge in [-0.15, -0.1) is 11.3 Å². The predicted molar refractivity (Wildman–Crippen MR) is 147 cm³/mol. The van der Waals surface area contributed by atoms with Crippen LogP contribution in [0.5, 0.6) is 5.88 Å². The van der Waals surface area contributed by atoms with E-state index in [2.05, 4.69) is 30.0 Å². The molecule has 1 fully saturated rings. The Kier molecular flexibility index (Phi) is 8.41. The number of methoxy groups -OCH3 is 1. The zero-order chi connectivity index (χ0) is 28.4. The van der Waals surface area contributed by atoms with Crippen molar-refractivity contribution in [3.8, 4) is 5.88 Å². The van der Waals surface area contributed by atoms with E-state index in [9.17, 15) is 18.0 Å². The average Bonchev–Trinajstić information content (AvgIpc) is 3.55. The van der Waals surface area contributed by atoms with Crippen LogP contribution >= 0.6 is 11.3 Å². The number of hydrogen-bond acceptors (Lipinski definition) is 8. The molecule has 5 rings (SSSR count). The molecule has 0 unspecified atom stereocenters. The van der Waals surface area contributed by atoms with Crippen LogP contribution in [-0.4, -0.2) is 77.5 Å². The topological polar surface area (TPSA) is 73.8 Å². The molecule has 0 saturated carbocycles. The number of nitrogens with zero attached hydrogens (tertiary/aromatic N) is 5. The Labute approximate surface area is 235 Å². The number of benzene rings is 1. The molecule has 1 saturated heterocycles. The molecule has 0 aliphatic carbocycles. The minimum absolute atomic E-state index is 0.159. The van der Waals surface area contributed by atoms with Crippen molar-refractivity contribution in [1.82, 2.24) is 24.7 Å². The lowest BCUT2D eigenvalue weighted by atomic mass is 10.0. The number of alkyl halides is 3. The number of likely N-dealkylation sites (tertiary alicyclic amines) is 1. The third-order valence-electron chi connectivity index (χ3n) is 7.57. The van der Waals surface area contributed by atoms with Crippen LogP contribution in [0.2, 0.25) is 0 Å². The molecule has 3 aromatic rings. The summed E-state index contributed by atoms with van der Waals surface area (Å²) in [5.74, 6) is 0.151. The van der Waals surface area contributed by atoms with Gasteiger partial charge in [-0.2, -0.15) is 13.2 Å². The number of anilines is 1. The molecule has 0 radical (unpaired) electrons. The number of ether oxygens (including phenoxy) is 1. The summed E-state index contributed by atoms with van der Waals surface area (Å²) in [5, 5.41) is 4.56. The summed E-state index contributed by atoms with van der Waals surface area (Å²) < 4.78 is 46.6. The van der Waals surface area contributed by atoms with Crippen molar-refractivity contribution in [2.75, 3.05) is 46.2 Å². The Bertz CT molecular complexity index is 1360. The first-order valence-corrected chi connectivity index (χ1v) is 14.0. The third kappa shape index (κ3) is 6.46. The number of likely N-dealkylation sites (N-methyl/N-ethyl adjacent to an activating group) is 1. The maximum absolute atomic E-state index is 13.8. The van der Waals surface area contributed by atoms with Gasteiger partial charge in [0.05, 0.1) is 18.2 Å². The third-order valence-corrected chi connectivity index (χ3v) is 8.58. The van der Waals surface area contributed by atoms with Gasteiger partial charge in [0.15, 0.2) is 0 Å². The van der Waals surface area contributed by atoms with Gasteiger partial charge in [0.1, 0.15) is 6.33 Å². The highest BCUT2D eigenvalue weighted by atomic mass is 32.1. The Morgan fingerprint density at radius 1 is 1.20 bits per heavy atom. The molecular weight excluding hydrogens is 541 g/mol. The second kappa shape index (κ2) is 11.8. The number of hydrogen-bond donors (Lipinski definition) is 1. The summed E-state index contributed by atoms with van der Waals surface area (Å²) in [6.45, 7) is 4.01. The first-order chi connectivity index (χ1) is 19.1. The van der Waals surface area contributed by atoms with Gasteiger partial charge in [0.2, 0.25) is 5.88 Å². The Morgan fingerprint density at radius 2 is 2.02 bits per heavy atom. The van der Waals surface area contributed by atoms with Gasteiger partial charge in [-0.05, 0) is 56.3 Å². The van der Waals surface area contributed by atoms with Crippen molar-refractivity contribution in [1.29, 1.82) is 0 Å². The summed E-state index contributed by atoms with van der Waals surface area (Å²) in [6.07, 6.45) is 0.309. The lowest BCUT2D eigenvalue weighted by Crippen LogP contribution is -2.31. The number of nitrogens with one attached hydrogen (secondary N) is 1. The van der Waals surface area contributed by atoms with Gasteiger partial charge in [0, 0.05) is 73.0 Å². The number of thiophene rings is 1. The summed E-state index contributed by atoms with van der Waals surface area (Å²) in [6, 6.07) is 4.25. The van der Waals surface area contributed by atoms with Crippen LogP contribution in [0.4, 0.5) is 18.9 Å². The number of halogens is 3. The van der Waals surface area contributed by atoms with Crippen molar-refractivity contribution in [2.45, 2.75) is 44.7 Å². The molecule has 12 heteroatoms. The second-order valence-electron chi connectivity index (χ2n) is 10.6. The molecular formula is C28H33F3N6O2S. The van der Waals surface area contributed by atoms with Crippen LogP contribution in [0.15, 0.2) is 36.1 Å². The fraction of sp³-hybridized carbons (Fsp3) is 0.464. The van der Waals surface area contributed by atoms with E-state index in [0.29, 0.717) is 49.1 Å². The van der Waals surface area contributed by atoms with Crippen LogP contribution in [0.25, 0.3) is 0 Å². The van der Waals surface area contributed by atoms with E-state index in [0.717, 1.165) is 48.1 Å². The van der Waals surface area contributed by atoms with E-state index in [-0.39, 0.29) is 11.6 Å². The lowest BCUT2D eigenvalue weighted by molar-refractivity contribution is -0.137. The van der Waals surface area contributed by atoms with E-state index in [1.807, 2.05) is 14.1 Å². The van der Waals surface area contributed by atoms with Crippen molar-refractivity contribution in [2.24, 2.45) is 0 Å². The Morgan fingerprint density at radius 3 is 2.75 bits per heavy atom.